The highest BCUT2D eigenvalue weighted by Crippen LogP contribution is 2.24. The summed E-state index contributed by atoms with van der Waals surface area (Å²) in [5, 5.41) is 3.34. The molecule has 0 aromatic carbocycles. The number of nitrogens with two attached hydrogens (primary N) is 1. The van der Waals surface area contributed by atoms with Crippen molar-refractivity contribution in [2.24, 2.45) is 11.1 Å². The first-order valence-electron chi connectivity index (χ1n) is 6.25. The molecule has 5 heteroatoms. The molecule has 0 aromatic heterocycles. The van der Waals surface area contributed by atoms with Crippen LogP contribution in [-0.2, 0) is 9.59 Å². The first-order valence-corrected chi connectivity index (χ1v) is 6.25. The van der Waals surface area contributed by atoms with Crippen LogP contribution in [0.2, 0.25) is 0 Å². The highest BCUT2D eigenvalue weighted by Gasteiger charge is 2.38. The number of amides is 2. The average molecular weight is 239 g/mol. The number of hydrogen-bond acceptors (Lipinski definition) is 3. The van der Waals surface area contributed by atoms with E-state index < -0.39 is 5.41 Å². The lowest BCUT2D eigenvalue weighted by atomic mass is 9.92. The molecular weight excluding hydrogens is 218 g/mol. The van der Waals surface area contributed by atoms with Gasteiger partial charge >= 0.3 is 0 Å². The minimum Gasteiger partial charge on any atom is -0.369 e. The normalized spacial score (nSPS) is 25.4. The zero-order valence-electron chi connectivity index (χ0n) is 10.5. The molecule has 1 atom stereocenters. The fraction of sp³-hybridized carbons (Fsp3) is 0.833. The average Bonchev–Trinajstić information content (AvgIpc) is 2.98. The molecule has 2 fully saturated rings. The summed E-state index contributed by atoms with van der Waals surface area (Å²) in [6, 6.07) is 0.485. The van der Waals surface area contributed by atoms with Gasteiger partial charge in [-0.1, -0.05) is 0 Å². The van der Waals surface area contributed by atoms with Crippen molar-refractivity contribution in [3.05, 3.63) is 0 Å². The van der Waals surface area contributed by atoms with Crippen LogP contribution in [0.3, 0.4) is 0 Å². The number of likely N-dealkylation sites (tertiary alicyclic amines) is 1. The van der Waals surface area contributed by atoms with Crippen molar-refractivity contribution in [1.29, 1.82) is 0 Å². The van der Waals surface area contributed by atoms with E-state index in [1.54, 1.807) is 18.7 Å². The van der Waals surface area contributed by atoms with Crippen molar-refractivity contribution in [3.8, 4) is 0 Å². The number of nitrogens with zero attached hydrogens (tertiary/aromatic N) is 1. The Kier molecular flexibility index (Phi) is 3.12. The predicted octanol–water partition coefficient (Wildman–Crippen LogP) is -0.149. The lowest BCUT2D eigenvalue weighted by Gasteiger charge is -2.27. The van der Waals surface area contributed by atoms with E-state index in [0.29, 0.717) is 12.6 Å². The van der Waals surface area contributed by atoms with Gasteiger partial charge in [-0.05, 0) is 33.1 Å². The van der Waals surface area contributed by atoms with E-state index in [4.69, 9.17) is 5.73 Å². The maximum Gasteiger partial charge on any atom is 0.239 e. The number of carbonyl (C=O) groups is 2. The summed E-state index contributed by atoms with van der Waals surface area (Å²) in [5.74, 6) is -0.241. The van der Waals surface area contributed by atoms with Crippen LogP contribution in [0.4, 0.5) is 0 Å². The van der Waals surface area contributed by atoms with Crippen molar-refractivity contribution in [1.82, 2.24) is 10.2 Å². The first-order chi connectivity index (χ1) is 7.90. The molecule has 1 aliphatic carbocycles. The van der Waals surface area contributed by atoms with Gasteiger partial charge in [0.25, 0.3) is 0 Å². The van der Waals surface area contributed by atoms with Crippen LogP contribution in [0.5, 0.6) is 0 Å². The molecule has 2 rings (SSSR count). The Labute approximate surface area is 102 Å². The Morgan fingerprint density at radius 3 is 2.65 bits per heavy atom. The molecular formula is C12H21N3O2. The summed E-state index contributed by atoms with van der Waals surface area (Å²) in [6.45, 7) is 4.71. The molecule has 0 spiro atoms. The van der Waals surface area contributed by atoms with Crippen LogP contribution in [0.25, 0.3) is 0 Å². The van der Waals surface area contributed by atoms with Gasteiger partial charge in [0.1, 0.15) is 0 Å². The van der Waals surface area contributed by atoms with Crippen LogP contribution < -0.4 is 11.1 Å². The molecule has 2 aliphatic rings. The molecule has 96 valence electrons. The van der Waals surface area contributed by atoms with Crippen molar-refractivity contribution in [2.45, 2.75) is 45.2 Å². The minimum absolute atomic E-state index is 0.0498. The number of primary amides is 1. The van der Waals surface area contributed by atoms with Gasteiger partial charge in [-0.25, -0.2) is 0 Å². The van der Waals surface area contributed by atoms with Gasteiger partial charge in [0, 0.05) is 19.1 Å². The quantitative estimate of drug-likeness (QED) is 0.700. The second-order valence-electron chi connectivity index (χ2n) is 5.79. The number of carbonyl (C=O) groups excluding carboxylic acids is 2. The number of nitrogens with one attached hydrogen (secondary N) is 1. The summed E-state index contributed by atoms with van der Waals surface area (Å²) >= 11 is 0. The van der Waals surface area contributed by atoms with Crippen molar-refractivity contribution in [3.63, 3.8) is 0 Å². The summed E-state index contributed by atoms with van der Waals surface area (Å²) in [5.41, 5.74) is 4.68. The van der Waals surface area contributed by atoms with E-state index in [9.17, 15) is 9.59 Å². The largest absolute Gasteiger partial charge is 0.369 e. The smallest absolute Gasteiger partial charge is 0.239 e. The molecule has 0 radical (unpaired) electrons. The van der Waals surface area contributed by atoms with E-state index in [1.165, 1.54) is 12.8 Å². The van der Waals surface area contributed by atoms with Gasteiger partial charge < -0.3 is 16.0 Å². The van der Waals surface area contributed by atoms with Crippen molar-refractivity contribution < 1.29 is 9.59 Å². The van der Waals surface area contributed by atoms with E-state index in [2.05, 4.69) is 5.32 Å². The Morgan fingerprint density at radius 2 is 2.12 bits per heavy atom. The van der Waals surface area contributed by atoms with Crippen LogP contribution in [0.1, 0.15) is 33.1 Å². The van der Waals surface area contributed by atoms with Gasteiger partial charge in [0.15, 0.2) is 0 Å². The van der Waals surface area contributed by atoms with E-state index >= 15 is 0 Å². The highest BCUT2D eigenvalue weighted by atomic mass is 16.2. The fourth-order valence-corrected chi connectivity index (χ4v) is 2.14. The van der Waals surface area contributed by atoms with Crippen LogP contribution in [-0.4, -0.2) is 41.9 Å². The predicted molar refractivity (Wildman–Crippen MR) is 64.1 cm³/mol. The van der Waals surface area contributed by atoms with Gasteiger partial charge in [0.2, 0.25) is 11.8 Å². The Balaban J connectivity index is 1.90. The zero-order valence-corrected chi connectivity index (χ0v) is 10.5. The third-order valence-corrected chi connectivity index (χ3v) is 3.56. The Morgan fingerprint density at radius 1 is 1.47 bits per heavy atom. The first kappa shape index (κ1) is 12.4. The molecule has 5 nitrogen and oxygen atoms in total. The van der Waals surface area contributed by atoms with Crippen LogP contribution in [0, 0.1) is 5.41 Å². The molecule has 17 heavy (non-hydrogen) atoms. The molecule has 2 amide bonds. The van der Waals surface area contributed by atoms with E-state index in [0.717, 1.165) is 13.0 Å². The molecule has 1 aliphatic heterocycles. The molecule has 1 saturated heterocycles. The number of hydrogen-bond donors (Lipinski definition) is 2. The Hall–Kier alpha value is -1.10. The number of rotatable bonds is 5. The molecule has 0 aromatic rings. The van der Waals surface area contributed by atoms with Gasteiger partial charge in [-0.3, -0.25) is 9.59 Å². The fourth-order valence-electron chi connectivity index (χ4n) is 2.14. The SMILES string of the molecule is CC(C)(CN1CCC(NC2CC2)C1=O)C(N)=O. The lowest BCUT2D eigenvalue weighted by Crippen LogP contribution is -2.46. The van der Waals surface area contributed by atoms with Crippen LogP contribution >= 0.6 is 0 Å². The summed E-state index contributed by atoms with van der Waals surface area (Å²) in [4.78, 5) is 25.1. The molecule has 3 N–H and O–H groups in total. The second kappa shape index (κ2) is 4.29. The zero-order chi connectivity index (χ0) is 12.6. The lowest BCUT2D eigenvalue weighted by molar-refractivity contribution is -0.133. The summed E-state index contributed by atoms with van der Waals surface area (Å²) in [6.07, 6.45) is 3.19. The molecule has 1 heterocycles. The molecule has 1 saturated carbocycles. The third-order valence-electron chi connectivity index (χ3n) is 3.56. The van der Waals surface area contributed by atoms with Gasteiger partial charge in [-0.15, -0.1) is 0 Å². The van der Waals surface area contributed by atoms with Crippen LogP contribution in [0.15, 0.2) is 0 Å². The van der Waals surface area contributed by atoms with Gasteiger partial charge in [-0.2, -0.15) is 0 Å². The monoisotopic (exact) mass is 239 g/mol. The molecule has 1 unspecified atom stereocenters. The van der Waals surface area contributed by atoms with E-state index in [-0.39, 0.29) is 17.9 Å². The minimum atomic E-state index is -0.649. The second-order valence-corrected chi connectivity index (χ2v) is 5.79. The standard InChI is InChI=1S/C12H21N3O2/c1-12(2,11(13)17)7-15-6-5-9(10(15)16)14-8-3-4-8/h8-9,14H,3-7H2,1-2H3,(H2,13,17). The topological polar surface area (TPSA) is 75.4 Å². The molecule has 0 bridgehead atoms. The van der Waals surface area contributed by atoms with E-state index in [1.807, 2.05) is 0 Å². The summed E-state index contributed by atoms with van der Waals surface area (Å²) in [7, 11) is 0. The maximum atomic E-state index is 12.1. The summed E-state index contributed by atoms with van der Waals surface area (Å²) < 4.78 is 0. The van der Waals surface area contributed by atoms with Crippen molar-refractivity contribution >= 4 is 11.8 Å². The van der Waals surface area contributed by atoms with Crippen molar-refractivity contribution in [2.75, 3.05) is 13.1 Å². The highest BCUT2D eigenvalue weighted by molar-refractivity contribution is 5.86. The van der Waals surface area contributed by atoms with Gasteiger partial charge in [0.05, 0.1) is 11.5 Å². The maximum absolute atomic E-state index is 12.1. The third kappa shape index (κ3) is 2.77. The Bertz CT molecular complexity index is 337.